The van der Waals surface area contributed by atoms with Crippen LogP contribution in [0, 0.1) is 0 Å². The Bertz CT molecular complexity index is 457. The van der Waals surface area contributed by atoms with Gasteiger partial charge in [-0.05, 0) is 18.6 Å². The fraction of sp³-hybridized carbons (Fsp3) is 0.500. The Labute approximate surface area is 103 Å². The van der Waals surface area contributed by atoms with Crippen molar-refractivity contribution in [2.24, 2.45) is 0 Å². The topological polar surface area (TPSA) is 66.4 Å². The lowest BCUT2D eigenvalue weighted by Crippen LogP contribution is -2.20. The zero-order valence-electron chi connectivity index (χ0n) is 10.2. The number of aliphatic hydroxyl groups excluding tert-OH is 1. The molecular formula is C12H19NO3S. The van der Waals surface area contributed by atoms with Gasteiger partial charge in [-0.2, -0.15) is 0 Å². The lowest BCUT2D eigenvalue weighted by Gasteiger charge is -2.14. The zero-order chi connectivity index (χ0) is 12.9. The summed E-state index contributed by atoms with van der Waals surface area (Å²) in [7, 11) is -3.24. The molecule has 1 rings (SSSR count). The SMILES string of the molecule is CCCC(O)CNc1ccccc1S(C)(=O)=O. The Morgan fingerprint density at radius 2 is 2.00 bits per heavy atom. The van der Waals surface area contributed by atoms with Gasteiger partial charge in [-0.25, -0.2) is 8.42 Å². The normalized spacial score (nSPS) is 13.4. The van der Waals surface area contributed by atoms with E-state index in [1.165, 1.54) is 6.26 Å². The molecule has 0 aromatic heterocycles. The molecule has 0 radical (unpaired) electrons. The van der Waals surface area contributed by atoms with Gasteiger partial charge in [-0.15, -0.1) is 0 Å². The lowest BCUT2D eigenvalue weighted by molar-refractivity contribution is 0.176. The van der Waals surface area contributed by atoms with E-state index < -0.39 is 15.9 Å². The van der Waals surface area contributed by atoms with Crippen molar-refractivity contribution in [1.82, 2.24) is 0 Å². The van der Waals surface area contributed by atoms with Gasteiger partial charge in [-0.3, -0.25) is 0 Å². The van der Waals surface area contributed by atoms with E-state index in [2.05, 4.69) is 5.32 Å². The maximum atomic E-state index is 11.5. The first kappa shape index (κ1) is 14.0. The van der Waals surface area contributed by atoms with Gasteiger partial charge in [0.1, 0.15) is 0 Å². The molecule has 0 saturated carbocycles. The number of hydrogen-bond donors (Lipinski definition) is 2. The number of hydrogen-bond acceptors (Lipinski definition) is 4. The minimum absolute atomic E-state index is 0.267. The Morgan fingerprint density at radius 1 is 1.35 bits per heavy atom. The minimum Gasteiger partial charge on any atom is -0.391 e. The highest BCUT2D eigenvalue weighted by molar-refractivity contribution is 7.90. The largest absolute Gasteiger partial charge is 0.391 e. The fourth-order valence-electron chi connectivity index (χ4n) is 1.60. The molecule has 4 nitrogen and oxygen atoms in total. The summed E-state index contributed by atoms with van der Waals surface area (Å²) in [6.45, 7) is 2.36. The second-order valence-electron chi connectivity index (χ2n) is 4.09. The van der Waals surface area contributed by atoms with E-state index in [1.54, 1.807) is 24.3 Å². The van der Waals surface area contributed by atoms with Crippen molar-refractivity contribution in [3.63, 3.8) is 0 Å². The van der Waals surface area contributed by atoms with Crippen LogP contribution < -0.4 is 5.32 Å². The van der Waals surface area contributed by atoms with Gasteiger partial charge in [0, 0.05) is 12.8 Å². The molecular weight excluding hydrogens is 238 g/mol. The van der Waals surface area contributed by atoms with E-state index in [-0.39, 0.29) is 4.90 Å². The zero-order valence-corrected chi connectivity index (χ0v) is 11.0. The van der Waals surface area contributed by atoms with Crippen LogP contribution in [0.5, 0.6) is 0 Å². The van der Waals surface area contributed by atoms with E-state index in [0.29, 0.717) is 18.7 Å². The third-order valence-electron chi connectivity index (χ3n) is 2.44. The molecule has 0 amide bonds. The molecule has 2 N–H and O–H groups in total. The van der Waals surface area contributed by atoms with Crippen molar-refractivity contribution in [3.05, 3.63) is 24.3 Å². The second-order valence-corrected chi connectivity index (χ2v) is 6.08. The maximum absolute atomic E-state index is 11.5. The third kappa shape index (κ3) is 4.36. The highest BCUT2D eigenvalue weighted by atomic mass is 32.2. The summed E-state index contributed by atoms with van der Waals surface area (Å²) in [6.07, 6.45) is 2.33. The van der Waals surface area contributed by atoms with Gasteiger partial charge in [0.2, 0.25) is 0 Å². The van der Waals surface area contributed by atoms with Crippen LogP contribution in [0.25, 0.3) is 0 Å². The molecule has 17 heavy (non-hydrogen) atoms. The Morgan fingerprint density at radius 3 is 2.59 bits per heavy atom. The average Bonchev–Trinajstić information content (AvgIpc) is 2.26. The van der Waals surface area contributed by atoms with E-state index in [0.717, 1.165) is 6.42 Å². The number of rotatable bonds is 6. The van der Waals surface area contributed by atoms with E-state index in [4.69, 9.17) is 0 Å². The quantitative estimate of drug-likeness (QED) is 0.813. The smallest absolute Gasteiger partial charge is 0.177 e. The van der Waals surface area contributed by atoms with Crippen molar-refractivity contribution < 1.29 is 13.5 Å². The number of nitrogens with one attached hydrogen (secondary N) is 1. The first-order valence-electron chi connectivity index (χ1n) is 5.66. The van der Waals surface area contributed by atoms with E-state index in [9.17, 15) is 13.5 Å². The van der Waals surface area contributed by atoms with Gasteiger partial charge in [0.05, 0.1) is 16.7 Å². The Balaban J connectivity index is 2.78. The number of anilines is 1. The third-order valence-corrected chi connectivity index (χ3v) is 3.59. The molecule has 1 unspecified atom stereocenters. The molecule has 1 aromatic carbocycles. The number of aliphatic hydroxyl groups is 1. The standard InChI is InChI=1S/C12H19NO3S/c1-3-6-10(14)9-13-11-7-4-5-8-12(11)17(2,15)16/h4-5,7-8,10,13-14H,3,6,9H2,1-2H3. The molecule has 96 valence electrons. The predicted molar refractivity (Wildman–Crippen MR) is 69.0 cm³/mol. The van der Waals surface area contributed by atoms with Crippen LogP contribution >= 0.6 is 0 Å². The average molecular weight is 257 g/mol. The molecule has 0 bridgehead atoms. The summed E-state index contributed by atoms with van der Waals surface area (Å²) in [4.78, 5) is 0.267. The van der Waals surface area contributed by atoms with Crippen LogP contribution in [0.4, 0.5) is 5.69 Å². The van der Waals surface area contributed by atoms with Crippen LogP contribution in [0.3, 0.4) is 0 Å². The summed E-state index contributed by atoms with van der Waals surface area (Å²) in [6, 6.07) is 6.71. The molecule has 1 aromatic rings. The number of para-hydroxylation sites is 1. The van der Waals surface area contributed by atoms with Crippen LogP contribution in [-0.2, 0) is 9.84 Å². The van der Waals surface area contributed by atoms with Crippen LogP contribution in [0.1, 0.15) is 19.8 Å². The summed E-state index contributed by atoms with van der Waals surface area (Å²) in [5.74, 6) is 0. The highest BCUT2D eigenvalue weighted by Crippen LogP contribution is 2.20. The van der Waals surface area contributed by atoms with Gasteiger partial charge < -0.3 is 10.4 Å². The molecule has 5 heteroatoms. The molecule has 0 spiro atoms. The first-order chi connectivity index (χ1) is 7.95. The Hall–Kier alpha value is -1.07. The maximum Gasteiger partial charge on any atom is 0.177 e. The predicted octanol–water partition coefficient (Wildman–Crippen LogP) is 1.66. The van der Waals surface area contributed by atoms with Crippen molar-refractivity contribution in [3.8, 4) is 0 Å². The van der Waals surface area contributed by atoms with Crippen LogP contribution in [0.2, 0.25) is 0 Å². The van der Waals surface area contributed by atoms with Crippen molar-refractivity contribution in [1.29, 1.82) is 0 Å². The monoisotopic (exact) mass is 257 g/mol. The highest BCUT2D eigenvalue weighted by Gasteiger charge is 2.12. The summed E-state index contributed by atoms with van der Waals surface area (Å²) < 4.78 is 23.0. The molecule has 0 heterocycles. The van der Waals surface area contributed by atoms with Gasteiger partial charge >= 0.3 is 0 Å². The van der Waals surface area contributed by atoms with Crippen molar-refractivity contribution >= 4 is 15.5 Å². The molecule has 0 aliphatic heterocycles. The fourth-order valence-corrected chi connectivity index (χ4v) is 2.46. The summed E-state index contributed by atoms with van der Waals surface area (Å²) in [5, 5.41) is 12.6. The van der Waals surface area contributed by atoms with Crippen molar-refractivity contribution in [2.45, 2.75) is 30.8 Å². The molecule has 0 aliphatic carbocycles. The molecule has 1 atom stereocenters. The van der Waals surface area contributed by atoms with Gasteiger partial charge in [-0.1, -0.05) is 25.5 Å². The van der Waals surface area contributed by atoms with Crippen LogP contribution in [-0.4, -0.2) is 32.4 Å². The first-order valence-corrected chi connectivity index (χ1v) is 7.55. The van der Waals surface area contributed by atoms with Crippen LogP contribution in [0.15, 0.2) is 29.2 Å². The van der Waals surface area contributed by atoms with E-state index in [1.807, 2.05) is 6.92 Å². The summed E-state index contributed by atoms with van der Waals surface area (Å²) in [5.41, 5.74) is 0.546. The Kier molecular flexibility index (Phi) is 4.96. The number of benzene rings is 1. The summed E-state index contributed by atoms with van der Waals surface area (Å²) >= 11 is 0. The second kappa shape index (κ2) is 6.02. The van der Waals surface area contributed by atoms with E-state index >= 15 is 0 Å². The van der Waals surface area contributed by atoms with Gasteiger partial charge in [0.25, 0.3) is 0 Å². The molecule has 0 saturated heterocycles. The van der Waals surface area contributed by atoms with Gasteiger partial charge in [0.15, 0.2) is 9.84 Å². The minimum atomic E-state index is -3.24. The number of sulfone groups is 1. The molecule has 0 aliphatic rings. The lowest BCUT2D eigenvalue weighted by atomic mass is 10.2. The molecule has 0 fully saturated rings. The van der Waals surface area contributed by atoms with Crippen molar-refractivity contribution in [2.75, 3.05) is 18.1 Å².